The molecule has 0 radical (unpaired) electrons. The van der Waals surface area contributed by atoms with E-state index in [1.807, 2.05) is 0 Å². The Morgan fingerprint density at radius 2 is 2.03 bits per heavy atom. The third-order valence-electron chi connectivity index (χ3n) is 5.26. The second kappa shape index (κ2) is 7.34. The molecule has 0 saturated heterocycles. The number of halogens is 2. The molecule has 10 heteroatoms. The smallest absolute Gasteiger partial charge is 0.310 e. The normalized spacial score (nSPS) is 16.8. The first-order valence-electron chi connectivity index (χ1n) is 9.31. The molecule has 3 aromatic rings. The summed E-state index contributed by atoms with van der Waals surface area (Å²) in [6, 6.07) is 6.59. The van der Waals surface area contributed by atoms with Gasteiger partial charge in [-0.2, -0.15) is 5.10 Å². The fraction of sp³-hybridized carbons (Fsp3) is 0.421. The van der Waals surface area contributed by atoms with E-state index in [-0.39, 0.29) is 43.7 Å². The molecule has 2 aromatic heterocycles. The maximum Gasteiger partial charge on any atom is 0.320 e. The summed E-state index contributed by atoms with van der Waals surface area (Å²) in [4.78, 5) is 36.7. The number of fused-ring (bicyclic) bond motifs is 1. The van der Waals surface area contributed by atoms with E-state index >= 15 is 0 Å². The lowest BCUT2D eigenvalue weighted by Gasteiger charge is -2.28. The second-order valence-corrected chi connectivity index (χ2v) is 7.17. The van der Waals surface area contributed by atoms with Gasteiger partial charge in [-0.1, -0.05) is 18.2 Å². The average Bonchev–Trinajstić information content (AvgIpc) is 3.12. The first-order valence-corrected chi connectivity index (χ1v) is 9.31. The van der Waals surface area contributed by atoms with Crippen LogP contribution in [0.2, 0.25) is 0 Å². The first kappa shape index (κ1) is 19.2. The minimum absolute atomic E-state index is 0.192. The third-order valence-corrected chi connectivity index (χ3v) is 5.26. The van der Waals surface area contributed by atoms with Gasteiger partial charge in [0.05, 0.1) is 17.1 Å². The molecule has 8 nitrogen and oxygen atoms in total. The van der Waals surface area contributed by atoms with Crippen molar-refractivity contribution in [2.75, 3.05) is 7.11 Å². The van der Waals surface area contributed by atoms with E-state index < -0.39 is 5.92 Å². The van der Waals surface area contributed by atoms with Gasteiger partial charge in [0.2, 0.25) is 5.92 Å². The van der Waals surface area contributed by atoms with Crippen LogP contribution in [-0.4, -0.2) is 37.7 Å². The number of benzene rings is 1. The van der Waals surface area contributed by atoms with Crippen LogP contribution in [0.25, 0.3) is 11.0 Å². The molecule has 1 aromatic carbocycles. The van der Waals surface area contributed by atoms with Gasteiger partial charge in [-0.3, -0.25) is 4.79 Å². The summed E-state index contributed by atoms with van der Waals surface area (Å²) < 4.78 is 28.6. The Bertz CT molecular complexity index is 1110. The van der Waals surface area contributed by atoms with E-state index in [1.54, 1.807) is 28.9 Å². The van der Waals surface area contributed by atoms with Crippen LogP contribution in [0, 0.1) is 4.91 Å². The molecule has 0 aliphatic heterocycles. The number of para-hydroxylation sites is 1. The lowest BCUT2D eigenvalue weighted by molar-refractivity contribution is -0.737. The van der Waals surface area contributed by atoms with Crippen LogP contribution in [0.5, 0.6) is 0 Å². The second-order valence-electron chi connectivity index (χ2n) is 7.17. The maximum absolute atomic E-state index is 13.5. The van der Waals surface area contributed by atoms with E-state index in [0.717, 1.165) is 0 Å². The molecule has 4 rings (SSSR count). The minimum atomic E-state index is -2.65. The van der Waals surface area contributed by atoms with Crippen molar-refractivity contribution in [3.63, 3.8) is 0 Å². The quantitative estimate of drug-likeness (QED) is 0.658. The van der Waals surface area contributed by atoms with Crippen LogP contribution in [0.1, 0.15) is 43.1 Å². The summed E-state index contributed by atoms with van der Waals surface area (Å²) in [6.45, 7) is 0. The van der Waals surface area contributed by atoms with E-state index in [9.17, 15) is 18.5 Å². The van der Waals surface area contributed by atoms with Gasteiger partial charge in [0.1, 0.15) is 11.2 Å². The molecule has 1 saturated carbocycles. The molecule has 0 spiro atoms. The zero-order valence-electron chi connectivity index (χ0n) is 15.8. The van der Waals surface area contributed by atoms with Gasteiger partial charge >= 0.3 is 5.69 Å². The maximum atomic E-state index is 13.5. The predicted molar refractivity (Wildman–Crippen MR) is 100 cm³/mol. The van der Waals surface area contributed by atoms with Crippen LogP contribution in [0.4, 0.5) is 14.5 Å². The van der Waals surface area contributed by atoms with E-state index in [1.165, 1.54) is 13.3 Å². The highest BCUT2D eigenvalue weighted by atomic mass is 19.3. The number of H-pyrrole nitrogens is 1. The number of nitrogens with one attached hydrogen (secondary N) is 1. The van der Waals surface area contributed by atoms with Crippen LogP contribution in [-0.2, 0) is 11.3 Å². The van der Waals surface area contributed by atoms with Crippen LogP contribution in [0.3, 0.4) is 0 Å². The summed E-state index contributed by atoms with van der Waals surface area (Å²) in [6.07, 6.45) is 1.73. The zero-order valence-corrected chi connectivity index (χ0v) is 15.8. The molecule has 152 valence electrons. The number of nitrogens with zero attached hydrogens (tertiary/aromatic N) is 4. The van der Waals surface area contributed by atoms with E-state index in [2.05, 4.69) is 15.1 Å². The molecule has 0 amide bonds. The highest BCUT2D eigenvalue weighted by Gasteiger charge is 2.36. The Hall–Kier alpha value is -3.17. The summed E-state index contributed by atoms with van der Waals surface area (Å²) in [7, 11) is 1.27. The molecule has 1 fully saturated rings. The van der Waals surface area contributed by atoms with Gasteiger partial charge in [0, 0.05) is 30.9 Å². The summed E-state index contributed by atoms with van der Waals surface area (Å²) >= 11 is 0. The fourth-order valence-electron chi connectivity index (χ4n) is 3.72. The van der Waals surface area contributed by atoms with Gasteiger partial charge < -0.3 is 4.98 Å². The third kappa shape index (κ3) is 3.74. The molecule has 0 bridgehead atoms. The van der Waals surface area contributed by atoms with Gasteiger partial charge in [0.25, 0.3) is 10.5 Å². The molecule has 0 atom stereocenters. The summed E-state index contributed by atoms with van der Waals surface area (Å²) in [5.74, 6) is -2.30. The van der Waals surface area contributed by atoms with Crippen molar-refractivity contribution in [2.24, 2.45) is 0 Å². The lowest BCUT2D eigenvalue weighted by Crippen LogP contribution is -2.27. The Labute approximate surface area is 164 Å². The van der Waals surface area contributed by atoms with Crippen molar-refractivity contribution < 1.29 is 18.5 Å². The molecule has 2 heterocycles. The van der Waals surface area contributed by atoms with Gasteiger partial charge in [-0.15, -0.1) is 0 Å². The molecule has 0 unspecified atom stereocenters. The van der Waals surface area contributed by atoms with Crippen LogP contribution >= 0.6 is 0 Å². The van der Waals surface area contributed by atoms with Gasteiger partial charge in [0.15, 0.2) is 12.8 Å². The van der Waals surface area contributed by atoms with Crippen LogP contribution in [0.15, 0.2) is 35.3 Å². The standard InChI is InChI=1S/C19H19F2N5O3/c1-29-26(28)15-5-3-2-4-12(15)10-16-23-17-14(18(27)24-16)11-22-25(17)13-6-8-19(20,21)9-7-13/h2-5,11,13H,6-10H2,1H3/p+1. The molecule has 1 N–H and O–H groups in total. The van der Waals surface area contributed by atoms with Crippen molar-refractivity contribution in [2.45, 2.75) is 44.1 Å². The van der Waals surface area contributed by atoms with Gasteiger partial charge in [-0.25, -0.2) is 23.3 Å². The highest BCUT2D eigenvalue weighted by Crippen LogP contribution is 2.38. The largest absolute Gasteiger partial charge is 0.320 e. The number of alkyl halides is 2. The van der Waals surface area contributed by atoms with Crippen molar-refractivity contribution in [1.82, 2.24) is 19.7 Å². The SMILES string of the molecule is CO[N+](=O)c1ccccc1Cc1nc2c(cnn2C2CCC(F)(F)CC2)c(=O)[nH]1. The average molecular weight is 404 g/mol. The monoisotopic (exact) mass is 404 g/mol. The summed E-state index contributed by atoms with van der Waals surface area (Å²) in [5.41, 5.74) is 0.929. The van der Waals surface area contributed by atoms with Gasteiger partial charge in [-0.05, 0) is 12.8 Å². The topological polar surface area (TPSA) is 92.9 Å². The number of aromatic amines is 1. The van der Waals surface area contributed by atoms with Crippen molar-refractivity contribution in [3.05, 3.63) is 57.1 Å². The Balaban J connectivity index is 1.69. The minimum Gasteiger partial charge on any atom is -0.310 e. The highest BCUT2D eigenvalue weighted by molar-refractivity contribution is 5.73. The number of rotatable bonds is 5. The van der Waals surface area contributed by atoms with Crippen molar-refractivity contribution >= 4 is 16.7 Å². The Morgan fingerprint density at radius 1 is 1.31 bits per heavy atom. The Kier molecular flexibility index (Phi) is 4.85. The molecule has 1 aliphatic rings. The zero-order chi connectivity index (χ0) is 20.6. The molecule has 29 heavy (non-hydrogen) atoms. The van der Waals surface area contributed by atoms with Crippen LogP contribution < -0.4 is 5.56 Å². The van der Waals surface area contributed by atoms with Crippen molar-refractivity contribution in [3.8, 4) is 0 Å². The number of hydrogen-bond donors (Lipinski definition) is 1. The number of aromatic nitrogens is 4. The van der Waals surface area contributed by atoms with E-state index in [0.29, 0.717) is 33.0 Å². The molecular formula is C19H20F2N5O3+. The van der Waals surface area contributed by atoms with Crippen molar-refractivity contribution in [1.29, 1.82) is 0 Å². The Morgan fingerprint density at radius 3 is 2.76 bits per heavy atom. The summed E-state index contributed by atoms with van der Waals surface area (Å²) in [5, 5.41) is 4.55. The lowest BCUT2D eigenvalue weighted by atomic mass is 9.92. The number of hydrogen-bond acceptors (Lipinski definition) is 5. The molecular weight excluding hydrogens is 384 g/mol. The predicted octanol–water partition coefficient (Wildman–Crippen LogP) is 3.43. The first-order chi connectivity index (χ1) is 13.9. The van der Waals surface area contributed by atoms with E-state index in [4.69, 9.17) is 4.84 Å². The fourth-order valence-corrected chi connectivity index (χ4v) is 3.72. The molecule has 1 aliphatic carbocycles.